The molecule has 1 heterocycles. The second-order valence-corrected chi connectivity index (χ2v) is 7.52. The second kappa shape index (κ2) is 5.10. The van der Waals surface area contributed by atoms with E-state index in [1.54, 1.807) is 0 Å². The maximum Gasteiger partial charge on any atom is 0.0340 e. The van der Waals surface area contributed by atoms with Crippen LogP contribution in [0.2, 0.25) is 0 Å². The molecule has 2 aliphatic rings. The molecule has 0 amide bonds. The largest absolute Gasteiger partial charge is 0.329 e. The fourth-order valence-corrected chi connectivity index (χ4v) is 4.25. The Morgan fingerprint density at radius 3 is 2.50 bits per heavy atom. The topological polar surface area (TPSA) is 32.5 Å². The summed E-state index contributed by atoms with van der Waals surface area (Å²) in [5.41, 5.74) is 6.98. The third-order valence-electron chi connectivity index (χ3n) is 5.02. The molecule has 1 saturated carbocycles. The first-order valence-electron chi connectivity index (χ1n) is 7.50. The van der Waals surface area contributed by atoms with E-state index in [9.17, 15) is 0 Å². The van der Waals surface area contributed by atoms with Crippen LogP contribution in [0.1, 0.15) is 46.0 Å². The third-order valence-corrected chi connectivity index (χ3v) is 5.02. The van der Waals surface area contributed by atoms with Gasteiger partial charge in [-0.2, -0.15) is 0 Å². The fourth-order valence-electron chi connectivity index (χ4n) is 4.25. The minimum Gasteiger partial charge on any atom is -0.329 e. The SMILES string of the molecule is CN(C)CC1CCCN1C1(CN)CCC(C)(C)C1. The van der Waals surface area contributed by atoms with Gasteiger partial charge >= 0.3 is 0 Å². The fraction of sp³-hybridized carbons (Fsp3) is 1.00. The van der Waals surface area contributed by atoms with Gasteiger partial charge in [0.15, 0.2) is 0 Å². The Morgan fingerprint density at radius 2 is 2.00 bits per heavy atom. The van der Waals surface area contributed by atoms with Crippen LogP contribution in [0, 0.1) is 5.41 Å². The summed E-state index contributed by atoms with van der Waals surface area (Å²) in [6, 6.07) is 0.720. The highest BCUT2D eigenvalue weighted by Gasteiger charge is 2.49. The van der Waals surface area contributed by atoms with Crippen LogP contribution >= 0.6 is 0 Å². The van der Waals surface area contributed by atoms with Crippen LogP contribution in [0.15, 0.2) is 0 Å². The molecule has 1 aliphatic carbocycles. The quantitative estimate of drug-likeness (QED) is 0.831. The van der Waals surface area contributed by atoms with Crippen LogP contribution < -0.4 is 5.73 Å². The van der Waals surface area contributed by atoms with E-state index in [4.69, 9.17) is 5.73 Å². The van der Waals surface area contributed by atoms with Crippen molar-refractivity contribution >= 4 is 0 Å². The van der Waals surface area contributed by atoms with Gasteiger partial charge in [0.1, 0.15) is 0 Å². The van der Waals surface area contributed by atoms with E-state index in [1.807, 2.05) is 0 Å². The van der Waals surface area contributed by atoms with Crippen molar-refractivity contribution < 1.29 is 0 Å². The van der Waals surface area contributed by atoms with Gasteiger partial charge in [0.2, 0.25) is 0 Å². The lowest BCUT2D eigenvalue weighted by Crippen LogP contribution is -2.56. The summed E-state index contributed by atoms with van der Waals surface area (Å²) in [4.78, 5) is 5.09. The minimum absolute atomic E-state index is 0.292. The number of hydrogen-bond acceptors (Lipinski definition) is 3. The molecule has 2 rings (SSSR count). The molecule has 0 radical (unpaired) electrons. The zero-order valence-electron chi connectivity index (χ0n) is 12.7. The molecule has 2 unspecified atom stereocenters. The maximum absolute atomic E-state index is 6.21. The lowest BCUT2D eigenvalue weighted by molar-refractivity contribution is 0.0640. The van der Waals surface area contributed by atoms with Crippen molar-refractivity contribution in [1.82, 2.24) is 9.80 Å². The number of likely N-dealkylation sites (N-methyl/N-ethyl adjacent to an activating group) is 1. The first-order valence-corrected chi connectivity index (χ1v) is 7.50. The molecule has 0 aromatic rings. The molecule has 3 heteroatoms. The Kier molecular flexibility index (Phi) is 4.05. The molecule has 3 nitrogen and oxygen atoms in total. The molecule has 18 heavy (non-hydrogen) atoms. The second-order valence-electron chi connectivity index (χ2n) is 7.52. The van der Waals surface area contributed by atoms with Gasteiger partial charge in [0.05, 0.1) is 0 Å². The van der Waals surface area contributed by atoms with Crippen LogP contribution in [-0.2, 0) is 0 Å². The van der Waals surface area contributed by atoms with Crippen molar-refractivity contribution in [2.75, 3.05) is 33.7 Å². The normalized spacial score (nSPS) is 36.7. The molecule has 2 N–H and O–H groups in total. The first kappa shape index (κ1) is 14.3. The number of nitrogens with two attached hydrogens (primary N) is 1. The summed E-state index contributed by atoms with van der Waals surface area (Å²) in [6.45, 7) is 8.08. The van der Waals surface area contributed by atoms with E-state index in [1.165, 1.54) is 45.2 Å². The highest BCUT2D eigenvalue weighted by molar-refractivity contribution is 5.05. The molecule has 2 fully saturated rings. The van der Waals surface area contributed by atoms with E-state index in [0.717, 1.165) is 12.6 Å². The zero-order valence-corrected chi connectivity index (χ0v) is 12.7. The standard InChI is InChI=1S/C15H31N3/c1-14(2)7-8-15(11-14,12-16)18-9-5-6-13(18)10-17(3)4/h13H,5-12,16H2,1-4H3. The number of likely N-dealkylation sites (tertiary alicyclic amines) is 1. The molecular weight excluding hydrogens is 222 g/mol. The Labute approximate surface area is 113 Å². The van der Waals surface area contributed by atoms with Crippen molar-refractivity contribution in [3.05, 3.63) is 0 Å². The van der Waals surface area contributed by atoms with Crippen molar-refractivity contribution in [3.63, 3.8) is 0 Å². The average molecular weight is 253 g/mol. The smallest absolute Gasteiger partial charge is 0.0340 e. The number of nitrogens with zero attached hydrogens (tertiary/aromatic N) is 2. The van der Waals surface area contributed by atoms with Gasteiger partial charge in [0, 0.05) is 24.7 Å². The monoisotopic (exact) mass is 253 g/mol. The maximum atomic E-state index is 6.21. The van der Waals surface area contributed by atoms with Crippen LogP contribution in [0.5, 0.6) is 0 Å². The molecule has 1 aliphatic heterocycles. The summed E-state index contributed by atoms with van der Waals surface area (Å²) >= 11 is 0. The number of hydrogen-bond donors (Lipinski definition) is 1. The molecule has 0 aromatic carbocycles. The molecule has 2 atom stereocenters. The van der Waals surface area contributed by atoms with Gasteiger partial charge in [-0.25, -0.2) is 0 Å². The Hall–Kier alpha value is -0.120. The molecule has 0 aromatic heterocycles. The highest BCUT2D eigenvalue weighted by atomic mass is 15.3. The van der Waals surface area contributed by atoms with Crippen LogP contribution in [0.25, 0.3) is 0 Å². The van der Waals surface area contributed by atoms with Crippen molar-refractivity contribution in [1.29, 1.82) is 0 Å². The van der Waals surface area contributed by atoms with Gasteiger partial charge < -0.3 is 10.6 Å². The third kappa shape index (κ3) is 2.73. The number of rotatable bonds is 4. The van der Waals surface area contributed by atoms with Crippen LogP contribution in [0.3, 0.4) is 0 Å². The summed E-state index contributed by atoms with van der Waals surface area (Å²) < 4.78 is 0. The predicted octanol–water partition coefficient (Wildman–Crippen LogP) is 1.92. The van der Waals surface area contributed by atoms with E-state index < -0.39 is 0 Å². The van der Waals surface area contributed by atoms with Crippen molar-refractivity contribution in [2.45, 2.75) is 57.5 Å². The molecule has 0 bridgehead atoms. The van der Waals surface area contributed by atoms with E-state index in [0.29, 0.717) is 11.0 Å². The zero-order chi connectivity index (χ0) is 13.4. The molecule has 0 spiro atoms. The van der Waals surface area contributed by atoms with E-state index in [2.05, 4.69) is 37.7 Å². The lowest BCUT2D eigenvalue weighted by Gasteiger charge is -2.43. The highest BCUT2D eigenvalue weighted by Crippen LogP contribution is 2.48. The summed E-state index contributed by atoms with van der Waals surface area (Å²) in [7, 11) is 4.37. The summed E-state index contributed by atoms with van der Waals surface area (Å²) in [5.74, 6) is 0. The van der Waals surface area contributed by atoms with Crippen molar-refractivity contribution in [3.8, 4) is 0 Å². The summed E-state index contributed by atoms with van der Waals surface area (Å²) in [5, 5.41) is 0. The Morgan fingerprint density at radius 1 is 1.28 bits per heavy atom. The van der Waals surface area contributed by atoms with Gasteiger partial charge in [-0.05, 0) is 58.2 Å². The molecular formula is C15H31N3. The first-order chi connectivity index (χ1) is 8.38. The van der Waals surface area contributed by atoms with E-state index in [-0.39, 0.29) is 0 Å². The van der Waals surface area contributed by atoms with Gasteiger partial charge in [-0.15, -0.1) is 0 Å². The van der Waals surface area contributed by atoms with Crippen LogP contribution in [-0.4, -0.2) is 55.1 Å². The minimum atomic E-state index is 0.292. The Balaban J connectivity index is 2.12. The van der Waals surface area contributed by atoms with Crippen molar-refractivity contribution in [2.24, 2.45) is 11.1 Å². The average Bonchev–Trinajstić information content (AvgIpc) is 2.83. The Bertz CT molecular complexity index is 287. The molecule has 1 saturated heterocycles. The summed E-state index contributed by atoms with van der Waals surface area (Å²) in [6.07, 6.45) is 6.59. The van der Waals surface area contributed by atoms with Gasteiger partial charge in [0.25, 0.3) is 0 Å². The van der Waals surface area contributed by atoms with E-state index >= 15 is 0 Å². The predicted molar refractivity (Wildman–Crippen MR) is 77.7 cm³/mol. The van der Waals surface area contributed by atoms with Gasteiger partial charge in [-0.3, -0.25) is 4.90 Å². The van der Waals surface area contributed by atoms with Crippen LogP contribution in [0.4, 0.5) is 0 Å². The molecule has 106 valence electrons. The van der Waals surface area contributed by atoms with Gasteiger partial charge in [-0.1, -0.05) is 13.8 Å². The lowest BCUT2D eigenvalue weighted by atomic mass is 9.86.